The number of thioether (sulfide) groups is 1. The summed E-state index contributed by atoms with van der Waals surface area (Å²) < 4.78 is 5.03. The molecule has 0 radical (unpaired) electrons. The fraction of sp³-hybridized carbons (Fsp3) is 0.111. The lowest BCUT2D eigenvalue weighted by molar-refractivity contribution is 0.265. The molecule has 1 aliphatic heterocycles. The number of amidine groups is 1. The predicted molar refractivity (Wildman–Crippen MR) is 97.0 cm³/mol. The zero-order chi connectivity index (χ0) is 17.1. The van der Waals surface area contributed by atoms with E-state index in [2.05, 4.69) is 10.3 Å². The van der Waals surface area contributed by atoms with Gasteiger partial charge in [-0.25, -0.2) is 4.99 Å². The van der Waals surface area contributed by atoms with Gasteiger partial charge in [-0.05, 0) is 54.1 Å². The van der Waals surface area contributed by atoms with Crippen molar-refractivity contribution in [2.45, 2.75) is 6.92 Å². The van der Waals surface area contributed by atoms with Crippen LogP contribution < -0.4 is 10.1 Å². The number of para-hydroxylation sites is 1. The standard InChI is InChI=1S/C18H16N2O3S/c1-11-5-3-4-6-13(11)19-17-16(24-18(22)20-17)10-12-7-8-15(23-2)14(21)9-12/h3-10,21H,1-2H3,(H,19,20,22)/b16-10-. The van der Waals surface area contributed by atoms with Crippen LogP contribution in [0, 0.1) is 6.92 Å². The van der Waals surface area contributed by atoms with E-state index in [0.717, 1.165) is 28.6 Å². The maximum atomic E-state index is 11.8. The molecule has 1 fully saturated rings. The first kappa shape index (κ1) is 16.1. The lowest BCUT2D eigenvalue weighted by atomic mass is 10.2. The number of rotatable bonds is 3. The summed E-state index contributed by atoms with van der Waals surface area (Å²) in [6.45, 7) is 1.97. The van der Waals surface area contributed by atoms with Gasteiger partial charge in [0, 0.05) is 0 Å². The van der Waals surface area contributed by atoms with Crippen LogP contribution in [0.5, 0.6) is 11.5 Å². The number of amides is 1. The monoisotopic (exact) mass is 340 g/mol. The van der Waals surface area contributed by atoms with E-state index in [1.165, 1.54) is 7.11 Å². The SMILES string of the molecule is COc1ccc(/C=C2\SC(=O)NC2=Nc2ccccc2C)cc1O. The number of nitrogens with zero attached hydrogens (tertiary/aromatic N) is 1. The molecule has 1 aliphatic rings. The molecular weight excluding hydrogens is 324 g/mol. The molecule has 0 unspecified atom stereocenters. The van der Waals surface area contributed by atoms with Gasteiger partial charge in [-0.15, -0.1) is 0 Å². The van der Waals surface area contributed by atoms with Crippen LogP contribution in [-0.4, -0.2) is 23.3 Å². The number of aryl methyl sites for hydroxylation is 1. The number of hydrogen-bond donors (Lipinski definition) is 2. The van der Waals surface area contributed by atoms with Gasteiger partial charge in [-0.1, -0.05) is 24.3 Å². The number of aromatic hydroxyl groups is 1. The maximum Gasteiger partial charge on any atom is 0.289 e. The van der Waals surface area contributed by atoms with Crippen molar-refractivity contribution in [3.05, 3.63) is 58.5 Å². The molecule has 1 amide bonds. The van der Waals surface area contributed by atoms with Gasteiger partial charge >= 0.3 is 0 Å². The first-order valence-corrected chi connectivity index (χ1v) is 8.10. The smallest absolute Gasteiger partial charge is 0.289 e. The topological polar surface area (TPSA) is 70.9 Å². The van der Waals surface area contributed by atoms with Crippen molar-refractivity contribution in [3.8, 4) is 11.5 Å². The van der Waals surface area contributed by atoms with Crippen molar-refractivity contribution >= 4 is 34.6 Å². The van der Waals surface area contributed by atoms with Crippen molar-refractivity contribution in [3.63, 3.8) is 0 Å². The molecule has 0 atom stereocenters. The van der Waals surface area contributed by atoms with E-state index >= 15 is 0 Å². The van der Waals surface area contributed by atoms with Gasteiger partial charge < -0.3 is 15.2 Å². The molecule has 0 aromatic heterocycles. The summed E-state index contributed by atoms with van der Waals surface area (Å²) in [5.74, 6) is 0.959. The third-order valence-electron chi connectivity index (χ3n) is 3.50. The van der Waals surface area contributed by atoms with Crippen molar-refractivity contribution < 1.29 is 14.6 Å². The zero-order valence-corrected chi connectivity index (χ0v) is 14.1. The Labute approximate surface area is 144 Å². The van der Waals surface area contributed by atoms with Gasteiger partial charge in [0.05, 0.1) is 17.7 Å². The van der Waals surface area contributed by atoms with Crippen molar-refractivity contribution in [2.24, 2.45) is 4.99 Å². The summed E-state index contributed by atoms with van der Waals surface area (Å²) in [6, 6.07) is 12.8. The lowest BCUT2D eigenvalue weighted by Gasteiger charge is -2.05. The number of carbonyl (C=O) groups is 1. The van der Waals surface area contributed by atoms with E-state index in [1.54, 1.807) is 24.3 Å². The molecule has 122 valence electrons. The first-order valence-electron chi connectivity index (χ1n) is 7.29. The Bertz CT molecular complexity index is 859. The fourth-order valence-electron chi connectivity index (χ4n) is 2.27. The molecule has 24 heavy (non-hydrogen) atoms. The molecule has 1 heterocycles. The van der Waals surface area contributed by atoms with Crippen molar-refractivity contribution in [1.29, 1.82) is 0 Å². The van der Waals surface area contributed by atoms with Gasteiger partial charge in [-0.2, -0.15) is 0 Å². The zero-order valence-electron chi connectivity index (χ0n) is 13.2. The quantitative estimate of drug-likeness (QED) is 0.877. The predicted octanol–water partition coefficient (Wildman–Crippen LogP) is 4.24. The number of phenols is 1. The summed E-state index contributed by atoms with van der Waals surface area (Å²) in [6.07, 6.45) is 1.80. The molecular formula is C18H16N2O3S. The molecule has 0 spiro atoms. The molecule has 2 aromatic rings. The average molecular weight is 340 g/mol. The van der Waals surface area contributed by atoms with Gasteiger partial charge in [-0.3, -0.25) is 4.79 Å². The molecule has 3 rings (SSSR count). The minimum Gasteiger partial charge on any atom is -0.504 e. The molecule has 5 nitrogen and oxygen atoms in total. The minimum atomic E-state index is -0.175. The highest BCUT2D eigenvalue weighted by Crippen LogP contribution is 2.32. The Morgan fingerprint density at radius 1 is 1.25 bits per heavy atom. The van der Waals surface area contributed by atoms with E-state index in [9.17, 15) is 9.90 Å². The van der Waals surface area contributed by atoms with Gasteiger partial charge in [0.15, 0.2) is 11.5 Å². The molecule has 0 saturated carbocycles. The van der Waals surface area contributed by atoms with Crippen LogP contribution in [0.4, 0.5) is 10.5 Å². The number of carbonyl (C=O) groups excluding carboxylic acids is 1. The normalized spacial score (nSPS) is 17.3. The first-order chi connectivity index (χ1) is 11.6. The molecule has 0 aliphatic carbocycles. The lowest BCUT2D eigenvalue weighted by Crippen LogP contribution is -2.18. The number of benzene rings is 2. The second-order valence-corrected chi connectivity index (χ2v) is 6.22. The number of aliphatic imine (C=N–C) groups is 1. The van der Waals surface area contributed by atoms with E-state index in [-0.39, 0.29) is 11.0 Å². The number of hydrogen-bond acceptors (Lipinski definition) is 5. The Kier molecular flexibility index (Phi) is 4.57. The number of methoxy groups -OCH3 is 1. The summed E-state index contributed by atoms with van der Waals surface area (Å²) >= 11 is 1.08. The van der Waals surface area contributed by atoms with E-state index < -0.39 is 0 Å². The Morgan fingerprint density at radius 3 is 2.75 bits per heavy atom. The molecule has 0 bridgehead atoms. The summed E-state index contributed by atoms with van der Waals surface area (Å²) in [7, 11) is 1.50. The van der Waals surface area contributed by atoms with E-state index in [0.29, 0.717) is 16.5 Å². The number of phenolic OH excluding ortho intramolecular Hbond substituents is 1. The molecule has 1 saturated heterocycles. The van der Waals surface area contributed by atoms with Crippen molar-refractivity contribution in [2.75, 3.05) is 7.11 Å². The van der Waals surface area contributed by atoms with Gasteiger partial charge in [0.1, 0.15) is 5.84 Å². The maximum absolute atomic E-state index is 11.8. The highest BCUT2D eigenvalue weighted by atomic mass is 32.2. The van der Waals surface area contributed by atoms with Crippen LogP contribution in [0.1, 0.15) is 11.1 Å². The second-order valence-electron chi connectivity index (χ2n) is 5.20. The Morgan fingerprint density at radius 2 is 2.04 bits per heavy atom. The average Bonchev–Trinajstić information content (AvgIpc) is 2.89. The van der Waals surface area contributed by atoms with Crippen molar-refractivity contribution in [1.82, 2.24) is 5.32 Å². The van der Waals surface area contributed by atoms with E-state index in [1.807, 2.05) is 31.2 Å². The molecule has 6 heteroatoms. The third-order valence-corrected chi connectivity index (χ3v) is 4.32. The van der Waals surface area contributed by atoms with Crippen LogP contribution >= 0.6 is 11.8 Å². The minimum absolute atomic E-state index is 0.0477. The van der Waals surface area contributed by atoms with Crippen LogP contribution in [0.3, 0.4) is 0 Å². The Balaban J connectivity index is 1.97. The number of nitrogens with one attached hydrogen (secondary N) is 1. The summed E-state index contributed by atoms with van der Waals surface area (Å²) in [4.78, 5) is 17.0. The summed E-state index contributed by atoms with van der Waals surface area (Å²) in [5.41, 5.74) is 2.58. The number of ether oxygens (including phenoxy) is 1. The molecule has 2 aromatic carbocycles. The largest absolute Gasteiger partial charge is 0.504 e. The summed E-state index contributed by atoms with van der Waals surface area (Å²) in [5, 5.41) is 12.5. The van der Waals surface area contributed by atoms with Crippen LogP contribution in [0.25, 0.3) is 6.08 Å². The Hall–Kier alpha value is -2.73. The van der Waals surface area contributed by atoms with E-state index in [4.69, 9.17) is 4.74 Å². The molecule has 2 N–H and O–H groups in total. The van der Waals surface area contributed by atoms with Crippen LogP contribution in [0.15, 0.2) is 52.4 Å². The highest BCUT2D eigenvalue weighted by Gasteiger charge is 2.23. The van der Waals surface area contributed by atoms with Gasteiger partial charge in [0.2, 0.25) is 0 Å². The second kappa shape index (κ2) is 6.80. The highest BCUT2D eigenvalue weighted by molar-refractivity contribution is 8.18. The van der Waals surface area contributed by atoms with Crippen LogP contribution in [0.2, 0.25) is 0 Å². The third kappa shape index (κ3) is 3.44. The van der Waals surface area contributed by atoms with Gasteiger partial charge in [0.25, 0.3) is 5.24 Å². The fourth-order valence-corrected chi connectivity index (χ4v) is 3.01. The van der Waals surface area contributed by atoms with Crippen LogP contribution in [-0.2, 0) is 0 Å².